The van der Waals surface area contributed by atoms with Crippen LogP contribution in [0, 0.1) is 5.92 Å². The van der Waals surface area contributed by atoms with Crippen LogP contribution in [0.25, 0.3) is 11.1 Å². The molecule has 8 heteroatoms. The molecular weight excluding hydrogens is 370 g/mol. The Hall–Kier alpha value is -2.97. The van der Waals surface area contributed by atoms with Gasteiger partial charge in [-0.1, -0.05) is 6.92 Å². The molecule has 0 radical (unpaired) electrons. The number of carbonyl (C=O) groups excluding carboxylic acids is 1. The molecule has 0 aromatic carbocycles. The number of nitrogen functional groups attached to an aromatic ring is 1. The van der Waals surface area contributed by atoms with Gasteiger partial charge < -0.3 is 26.3 Å². The summed E-state index contributed by atoms with van der Waals surface area (Å²) in [4.78, 5) is 21.4. The number of amides is 1. The average molecular weight is 395 g/mol. The van der Waals surface area contributed by atoms with Crippen LogP contribution in [0.1, 0.15) is 48.5 Å². The maximum atomic E-state index is 13.0. The van der Waals surface area contributed by atoms with Crippen molar-refractivity contribution < 1.29 is 14.3 Å². The molecule has 3 aromatic rings. The molecule has 8 nitrogen and oxygen atoms in total. The number of nitrogens with one attached hydrogen (secondary N) is 1. The van der Waals surface area contributed by atoms with Gasteiger partial charge >= 0.3 is 0 Å². The molecule has 1 saturated carbocycles. The number of anilines is 2. The lowest BCUT2D eigenvalue weighted by Crippen LogP contribution is -2.54. The highest BCUT2D eigenvalue weighted by molar-refractivity contribution is 6.14. The van der Waals surface area contributed by atoms with Gasteiger partial charge in [-0.15, -0.1) is 0 Å². The normalized spacial score (nSPS) is 27.1. The Balaban J connectivity index is 1.64. The molecular formula is C21H25N5O3. The first-order chi connectivity index (χ1) is 13.8. The summed E-state index contributed by atoms with van der Waals surface area (Å²) in [5.74, 6) is -0.277. The number of aromatic nitrogens is 2. The summed E-state index contributed by atoms with van der Waals surface area (Å²) in [7, 11) is 0. The van der Waals surface area contributed by atoms with Crippen LogP contribution in [0.2, 0.25) is 0 Å². The summed E-state index contributed by atoms with van der Waals surface area (Å²) in [6.45, 7) is 3.78. The van der Waals surface area contributed by atoms with Crippen LogP contribution in [-0.4, -0.2) is 32.6 Å². The molecule has 1 aliphatic rings. The Kier molecular flexibility index (Phi) is 4.76. The first kappa shape index (κ1) is 19.4. The largest absolute Gasteiger partial charge is 0.438 e. The van der Waals surface area contributed by atoms with E-state index in [1.807, 2.05) is 13.0 Å². The van der Waals surface area contributed by atoms with Gasteiger partial charge in [0.2, 0.25) is 5.88 Å². The third kappa shape index (κ3) is 3.34. The van der Waals surface area contributed by atoms with E-state index in [1.54, 1.807) is 37.6 Å². The second-order valence-corrected chi connectivity index (χ2v) is 8.01. The highest BCUT2D eigenvalue weighted by atomic mass is 16.3. The van der Waals surface area contributed by atoms with Crippen molar-refractivity contribution in [3.05, 3.63) is 47.9 Å². The standard InChI is InChI=1S/C21H25N5O3/c1-11-8-12(9-16(22)21(11,2)28)13-5-7-24-10-14(13)26-20(27)17-18-15(29-19(17)23)4-3-6-25-18/h3-7,10-12,16,28H,8-9,22-23H2,1-2H3,(H,26,27)/t11-,12+,16+,21+/m0/s1. The predicted octanol–water partition coefficient (Wildman–Crippen LogP) is 2.65. The summed E-state index contributed by atoms with van der Waals surface area (Å²) in [6, 6.07) is 4.95. The van der Waals surface area contributed by atoms with E-state index in [-0.39, 0.29) is 29.3 Å². The maximum Gasteiger partial charge on any atom is 0.263 e. The Morgan fingerprint density at radius 2 is 2.14 bits per heavy atom. The van der Waals surface area contributed by atoms with Crippen molar-refractivity contribution >= 4 is 28.6 Å². The quantitative estimate of drug-likeness (QED) is 0.534. The first-order valence-corrected chi connectivity index (χ1v) is 9.65. The molecule has 4 atom stereocenters. The fourth-order valence-electron chi connectivity index (χ4n) is 4.14. The van der Waals surface area contributed by atoms with Gasteiger partial charge in [0.05, 0.1) is 17.5 Å². The van der Waals surface area contributed by atoms with Gasteiger partial charge in [0.15, 0.2) is 5.58 Å². The molecule has 152 valence electrons. The number of nitrogens with two attached hydrogens (primary N) is 2. The molecule has 4 rings (SSSR count). The molecule has 6 N–H and O–H groups in total. The number of hydrogen-bond acceptors (Lipinski definition) is 7. The molecule has 1 aliphatic carbocycles. The van der Waals surface area contributed by atoms with Crippen LogP contribution in [0.15, 0.2) is 41.2 Å². The highest BCUT2D eigenvalue weighted by Crippen LogP contribution is 2.43. The van der Waals surface area contributed by atoms with Gasteiger partial charge in [-0.05, 0) is 55.4 Å². The monoisotopic (exact) mass is 395 g/mol. The van der Waals surface area contributed by atoms with Crippen molar-refractivity contribution in [3.8, 4) is 0 Å². The van der Waals surface area contributed by atoms with E-state index in [0.717, 1.165) is 12.0 Å². The van der Waals surface area contributed by atoms with E-state index in [2.05, 4.69) is 15.3 Å². The summed E-state index contributed by atoms with van der Waals surface area (Å²) in [5, 5.41) is 13.5. The molecule has 1 fully saturated rings. The van der Waals surface area contributed by atoms with Gasteiger partial charge in [-0.25, -0.2) is 0 Å². The second kappa shape index (κ2) is 7.13. The van der Waals surface area contributed by atoms with Crippen LogP contribution < -0.4 is 16.8 Å². The molecule has 0 aliphatic heterocycles. The van der Waals surface area contributed by atoms with Crippen LogP contribution in [0.3, 0.4) is 0 Å². The summed E-state index contributed by atoms with van der Waals surface area (Å²) in [6.07, 6.45) is 6.26. The third-order valence-corrected chi connectivity index (χ3v) is 6.17. The highest BCUT2D eigenvalue weighted by Gasteiger charge is 2.42. The molecule has 0 bridgehead atoms. The Labute approximate surface area is 168 Å². The first-order valence-electron chi connectivity index (χ1n) is 9.65. The summed E-state index contributed by atoms with van der Waals surface area (Å²) >= 11 is 0. The Bertz CT molecular complexity index is 1050. The zero-order chi connectivity index (χ0) is 20.8. The van der Waals surface area contributed by atoms with Gasteiger partial charge in [0, 0.05) is 18.4 Å². The number of fused-ring (bicyclic) bond motifs is 1. The van der Waals surface area contributed by atoms with Gasteiger partial charge in [-0.2, -0.15) is 0 Å². The summed E-state index contributed by atoms with van der Waals surface area (Å²) < 4.78 is 5.45. The van der Waals surface area contributed by atoms with Gasteiger partial charge in [-0.3, -0.25) is 14.8 Å². The smallest absolute Gasteiger partial charge is 0.263 e. The number of nitrogens with zero attached hydrogens (tertiary/aromatic N) is 2. The number of furan rings is 1. The van der Waals surface area contributed by atoms with Crippen molar-refractivity contribution in [1.82, 2.24) is 9.97 Å². The lowest BCUT2D eigenvalue weighted by molar-refractivity contribution is -0.0463. The number of aliphatic hydroxyl groups is 1. The van der Waals surface area contributed by atoms with Gasteiger partial charge in [0.1, 0.15) is 11.1 Å². The minimum absolute atomic E-state index is 0.0191. The van der Waals surface area contributed by atoms with Crippen molar-refractivity contribution in [3.63, 3.8) is 0 Å². The van der Waals surface area contributed by atoms with E-state index >= 15 is 0 Å². The Morgan fingerprint density at radius 3 is 2.90 bits per heavy atom. The molecule has 1 amide bonds. The van der Waals surface area contributed by atoms with E-state index in [0.29, 0.717) is 23.2 Å². The lowest BCUT2D eigenvalue weighted by Gasteiger charge is -2.44. The number of hydrogen-bond donors (Lipinski definition) is 4. The zero-order valence-corrected chi connectivity index (χ0v) is 16.4. The topological polar surface area (TPSA) is 140 Å². The number of rotatable bonds is 3. The van der Waals surface area contributed by atoms with Crippen molar-refractivity contribution in [2.75, 3.05) is 11.1 Å². The van der Waals surface area contributed by atoms with Crippen LogP contribution in [-0.2, 0) is 0 Å². The van der Waals surface area contributed by atoms with E-state index in [1.165, 1.54) is 0 Å². The second-order valence-electron chi connectivity index (χ2n) is 8.01. The van der Waals surface area contributed by atoms with E-state index in [4.69, 9.17) is 15.9 Å². The molecule has 0 unspecified atom stereocenters. The lowest BCUT2D eigenvalue weighted by atomic mass is 9.68. The van der Waals surface area contributed by atoms with Gasteiger partial charge in [0.25, 0.3) is 5.91 Å². The molecule has 3 heterocycles. The maximum absolute atomic E-state index is 13.0. The fourth-order valence-corrected chi connectivity index (χ4v) is 4.14. The Morgan fingerprint density at radius 1 is 1.34 bits per heavy atom. The molecule has 0 spiro atoms. The fraction of sp³-hybridized carbons (Fsp3) is 0.381. The van der Waals surface area contributed by atoms with Crippen molar-refractivity contribution in [1.29, 1.82) is 0 Å². The third-order valence-electron chi connectivity index (χ3n) is 6.17. The van der Waals surface area contributed by atoms with Crippen molar-refractivity contribution in [2.24, 2.45) is 11.7 Å². The SMILES string of the molecule is C[C@H]1C[C@@H](c2ccncc2NC(=O)c2c(N)oc3cccnc23)C[C@@H](N)[C@]1(C)O. The van der Waals surface area contributed by atoms with E-state index in [9.17, 15) is 9.90 Å². The van der Waals surface area contributed by atoms with Crippen molar-refractivity contribution in [2.45, 2.75) is 44.2 Å². The number of pyridine rings is 2. The van der Waals surface area contributed by atoms with Crippen LogP contribution >= 0.6 is 0 Å². The molecule has 29 heavy (non-hydrogen) atoms. The summed E-state index contributed by atoms with van der Waals surface area (Å²) in [5.41, 5.74) is 13.9. The van der Waals surface area contributed by atoms with E-state index < -0.39 is 11.5 Å². The number of carbonyl (C=O) groups is 1. The average Bonchev–Trinajstić information content (AvgIpc) is 3.02. The minimum atomic E-state index is -0.914. The zero-order valence-electron chi connectivity index (χ0n) is 16.4. The minimum Gasteiger partial charge on any atom is -0.438 e. The van der Waals surface area contributed by atoms with Crippen LogP contribution in [0.5, 0.6) is 0 Å². The molecule has 0 saturated heterocycles. The predicted molar refractivity (Wildman–Crippen MR) is 110 cm³/mol. The van der Waals surface area contributed by atoms with Crippen LogP contribution in [0.4, 0.5) is 11.6 Å². The molecule has 3 aromatic heterocycles.